The predicted octanol–water partition coefficient (Wildman–Crippen LogP) is 16.0. The molecule has 133 heavy (non-hydrogen) atoms. The molecule has 0 radical (unpaired) electrons. The van der Waals surface area contributed by atoms with Crippen LogP contribution < -0.4 is 28.4 Å². The summed E-state index contributed by atoms with van der Waals surface area (Å²) in [6.45, 7) is 12.2. The third-order valence-electron chi connectivity index (χ3n) is 27.4. The number of halogens is 5. The highest BCUT2D eigenvalue weighted by Gasteiger charge is 2.48. The molecule has 5 N–H and O–H groups in total. The number of para-hydroxylation sites is 3. The average Bonchev–Trinajstić information content (AvgIpc) is 1.72. The van der Waals surface area contributed by atoms with E-state index in [2.05, 4.69) is 39.5 Å². The largest absolute Gasteiger partial charge is 0.508 e. The maximum Gasteiger partial charge on any atom is 0.195 e. The van der Waals surface area contributed by atoms with E-state index in [4.69, 9.17) is 28.4 Å². The number of fused-ring (bicyclic) bond motifs is 5. The van der Waals surface area contributed by atoms with E-state index in [1.165, 1.54) is 97.5 Å². The molecule has 20 rings (SSSR count). The Labute approximate surface area is 769 Å². The lowest BCUT2D eigenvalue weighted by molar-refractivity contribution is 0.0923. The summed E-state index contributed by atoms with van der Waals surface area (Å²) in [5.74, 6) is 5.36. The van der Waals surface area contributed by atoms with E-state index in [0.717, 1.165) is 147 Å². The first-order valence-corrected chi connectivity index (χ1v) is 45.7. The summed E-state index contributed by atoms with van der Waals surface area (Å²) < 4.78 is 104. The third-order valence-corrected chi connectivity index (χ3v) is 27.4. The van der Waals surface area contributed by atoms with Gasteiger partial charge in [-0.15, -0.1) is 0 Å². The first kappa shape index (κ1) is 93.8. The quantitative estimate of drug-likeness (QED) is 0.0249. The Morgan fingerprint density at radius 2 is 0.586 bits per heavy atom. The van der Waals surface area contributed by atoms with Crippen molar-refractivity contribution in [1.29, 1.82) is 0 Å². The molecule has 5 saturated heterocycles. The van der Waals surface area contributed by atoms with Crippen LogP contribution in [-0.4, -0.2) is 230 Å². The SMILES string of the molecule is COc1cccc(OC2C[C@@H]3CN(CC(=O)c4ccc(O)cn4)C[C@@H]3C2)c1.Cc1ccc(OC2C[C@@H]3CN(CC(=O)c4ccc(O)cn4)C[C@@H]3C2)c(F)c1.O=C(CN1C[C@H]2CC(Oc3c(F)cccc3F)C[C@H]2C1)c1ccc(O)cc1.O=C(CN1C[C@H]2CC(Oc3ccccc3F)C[C@H]2C1)c1ccc(O)cc1.O=C(CN1C[C@H]2CC(Oc3ccccc3F)C[C@H]2C1)c1ccc(O)cn1. The van der Waals surface area contributed by atoms with Gasteiger partial charge in [0.05, 0.1) is 88.9 Å². The van der Waals surface area contributed by atoms with Gasteiger partial charge in [-0.1, -0.05) is 42.5 Å². The highest BCUT2D eigenvalue weighted by molar-refractivity contribution is 5.99. The number of nitrogens with zero attached hydrogens (tertiary/aromatic N) is 8. The number of carbonyl (C=O) groups is 5. The van der Waals surface area contributed by atoms with Crippen LogP contribution in [0.5, 0.6) is 63.2 Å². The molecule has 3 aromatic heterocycles. The maximum absolute atomic E-state index is 14.0. The van der Waals surface area contributed by atoms with E-state index in [1.807, 2.05) is 37.3 Å². The van der Waals surface area contributed by atoms with E-state index < -0.39 is 11.6 Å². The van der Waals surface area contributed by atoms with Crippen molar-refractivity contribution in [2.75, 3.05) is 105 Å². The van der Waals surface area contributed by atoms with Crippen LogP contribution in [0.3, 0.4) is 0 Å². The van der Waals surface area contributed by atoms with Gasteiger partial charge in [0.1, 0.15) is 57.3 Å². The average molecular weight is 1820 g/mol. The molecule has 10 aromatic rings. The normalized spacial score (nSPS) is 24.9. The second-order valence-electron chi connectivity index (χ2n) is 37.1. The first-order valence-electron chi connectivity index (χ1n) is 45.7. The van der Waals surface area contributed by atoms with Crippen LogP contribution >= 0.6 is 0 Å². The number of ketones is 5. The smallest absolute Gasteiger partial charge is 0.195 e. The number of pyridine rings is 3. The Bertz CT molecular complexity index is 5450. The van der Waals surface area contributed by atoms with Gasteiger partial charge in [0.2, 0.25) is 0 Å². The van der Waals surface area contributed by atoms with E-state index >= 15 is 0 Å². The van der Waals surface area contributed by atoms with Crippen molar-refractivity contribution in [3.05, 3.63) is 276 Å². The number of aromatic nitrogens is 3. The highest BCUT2D eigenvalue weighted by atomic mass is 19.1. The van der Waals surface area contributed by atoms with E-state index in [-0.39, 0.29) is 111 Å². The van der Waals surface area contributed by atoms with Crippen LogP contribution in [0.1, 0.15) is 122 Å². The van der Waals surface area contributed by atoms with Crippen molar-refractivity contribution >= 4 is 28.9 Å². The molecule has 15 atom stereocenters. The van der Waals surface area contributed by atoms with Gasteiger partial charge in [-0.25, -0.2) is 36.9 Å². The molecule has 29 heteroatoms. The summed E-state index contributed by atoms with van der Waals surface area (Å²) >= 11 is 0. The molecule has 7 aromatic carbocycles. The zero-order chi connectivity index (χ0) is 92.9. The molecule has 0 amide bonds. The minimum Gasteiger partial charge on any atom is -0.508 e. The first-order chi connectivity index (χ1) is 64.2. The Kier molecular flexibility index (Phi) is 30.4. The van der Waals surface area contributed by atoms with E-state index in [0.29, 0.717) is 137 Å². The molecule has 5 unspecified atom stereocenters. The summed E-state index contributed by atoms with van der Waals surface area (Å²) in [7, 11) is 1.66. The van der Waals surface area contributed by atoms with Gasteiger partial charge in [0.25, 0.3) is 0 Å². The monoisotopic (exact) mass is 1820 g/mol. The number of hydrogen-bond acceptors (Lipinski definition) is 24. The summed E-state index contributed by atoms with van der Waals surface area (Å²) in [6, 6.07) is 51.4. The Balaban J connectivity index is 0.000000121. The fourth-order valence-corrected chi connectivity index (χ4v) is 21.2. The topological polar surface area (TPSA) is 297 Å². The lowest BCUT2D eigenvalue weighted by Crippen LogP contribution is -2.30. The van der Waals surface area contributed by atoms with Crippen molar-refractivity contribution in [2.45, 2.75) is 102 Å². The van der Waals surface area contributed by atoms with Gasteiger partial charge in [-0.3, -0.25) is 48.5 Å². The number of phenolic OH excluding ortho intramolecular Hbond substituents is 2. The number of phenols is 2. The predicted molar refractivity (Wildman–Crippen MR) is 484 cm³/mol. The molecule has 0 spiro atoms. The minimum atomic E-state index is -0.673. The second-order valence-corrected chi connectivity index (χ2v) is 37.1. The highest BCUT2D eigenvalue weighted by Crippen LogP contribution is 2.46. The number of hydrogen-bond donors (Lipinski definition) is 5. The number of methoxy groups -OCH3 is 1. The van der Waals surface area contributed by atoms with Crippen molar-refractivity contribution in [1.82, 2.24) is 39.5 Å². The molecule has 0 bridgehead atoms. The zero-order valence-corrected chi connectivity index (χ0v) is 74.2. The van der Waals surface area contributed by atoms with Crippen LogP contribution in [-0.2, 0) is 0 Å². The van der Waals surface area contributed by atoms with Crippen LogP contribution in [0.25, 0.3) is 0 Å². The summed E-state index contributed by atoms with van der Waals surface area (Å²) in [6.07, 6.45) is 12.9. The number of Topliss-reactive ketones (excluding diaryl/α,β-unsaturated/α-hetero) is 5. The van der Waals surface area contributed by atoms with Gasteiger partial charge in [-0.2, -0.15) is 0 Å². The van der Waals surface area contributed by atoms with Crippen LogP contribution in [0.2, 0.25) is 0 Å². The van der Waals surface area contributed by atoms with Gasteiger partial charge >= 0.3 is 0 Å². The van der Waals surface area contributed by atoms with Crippen LogP contribution in [0, 0.1) is 95.2 Å². The zero-order valence-electron chi connectivity index (χ0n) is 74.2. The Hall–Kier alpha value is -12.4. The number of likely N-dealkylation sites (tertiary alicyclic amines) is 5. The lowest BCUT2D eigenvalue weighted by Gasteiger charge is -2.19. The summed E-state index contributed by atoms with van der Waals surface area (Å²) in [5, 5.41) is 46.5. The molecule has 5 saturated carbocycles. The van der Waals surface area contributed by atoms with Crippen LogP contribution in [0.15, 0.2) is 213 Å². The summed E-state index contributed by atoms with van der Waals surface area (Å²) in [5.41, 5.74) is 3.25. The molecule has 5 aliphatic carbocycles. The van der Waals surface area contributed by atoms with Crippen molar-refractivity contribution in [2.24, 2.45) is 59.2 Å². The number of rotatable bonds is 26. The molecule has 8 heterocycles. The molecule has 5 aliphatic heterocycles. The molecule has 698 valence electrons. The molecule has 10 aliphatic rings. The molecular formula is C104H111F5N8O16. The maximum atomic E-state index is 14.0. The number of carbonyl (C=O) groups excluding carboxylic acids is 5. The number of ether oxygens (including phenoxy) is 6. The van der Waals surface area contributed by atoms with Gasteiger partial charge in [0, 0.05) is 82.6 Å². The number of aromatic hydroxyl groups is 5. The van der Waals surface area contributed by atoms with Gasteiger partial charge in [0.15, 0.2) is 81.0 Å². The van der Waals surface area contributed by atoms with Crippen molar-refractivity contribution < 1.29 is 99.9 Å². The van der Waals surface area contributed by atoms with Crippen molar-refractivity contribution in [3.8, 4) is 63.2 Å². The van der Waals surface area contributed by atoms with Crippen LogP contribution in [0.4, 0.5) is 22.0 Å². The van der Waals surface area contributed by atoms with Crippen molar-refractivity contribution in [3.63, 3.8) is 0 Å². The number of aryl methyl sites for hydroxylation is 1. The van der Waals surface area contributed by atoms with E-state index in [9.17, 15) is 71.5 Å². The third kappa shape index (κ3) is 24.7. The molecule has 24 nitrogen and oxygen atoms in total. The minimum absolute atomic E-state index is 0.000783. The van der Waals surface area contributed by atoms with Gasteiger partial charge in [-0.05, 0) is 281 Å². The fraction of sp³-hybridized carbons (Fsp3) is 0.404. The Morgan fingerprint density at radius 3 is 0.902 bits per heavy atom. The molecular weight excluding hydrogens is 1710 g/mol. The second kappa shape index (κ2) is 43.1. The standard InChI is InChI=1S/C21H21F2NO3.C21H23FN2O3.C21H22FNO3.C21H24N2O4.C20H21FN2O3/c22-18-2-1-3-19(23)21(18)27-17-8-14-10-24(11-15(14)9-17)12-20(26)13-4-6-16(25)7-5-13;1-13-2-5-21(18(22)6-13)27-17-7-14-10-24(11-15(14)8-17)12-20(26)19-4-3-16(25)9-23-19;22-19-3-1-2-4-21(19)26-18-9-15-11-23(12-16(15)10-18)13-20(25)14-5-7-17(24)8-6-14;1-26-17-3-2-4-18(9-17)27-19-7-14-11-23(12-15(14)8-19)13-21(25)20-6-5-16(24)10-22-20;21-17-3-1-2-4-20(17)26-16-7-13-10-23(11-14(13)8-16)12-19(25)18-6-5-15(24)9-22-18/h1-7,14-15,17,25H,8-12H2;2-6,9,14-15,17,25H,7-8,10-12H2,1H3;1-8,15-16,18,24H,9-13H2;2-6,9-10,14-15,19,24H,7-8,11-13H2,1H3;1-6,9,13-14,16,24H,7-8,10-12H2/t2*14-,15+,17?;15-,16+,18?;14-,15+,19?;13-,14+,16?. The van der Waals surface area contributed by atoms with Gasteiger partial charge < -0.3 is 54.0 Å². The number of benzene rings is 7. The summed E-state index contributed by atoms with van der Waals surface area (Å²) in [4.78, 5) is 84.6. The van der Waals surface area contributed by atoms with E-state index in [1.54, 1.807) is 92.0 Å². The lowest BCUT2D eigenvalue weighted by atomic mass is 10.0. The Morgan fingerprint density at radius 1 is 0.301 bits per heavy atom. The fourth-order valence-electron chi connectivity index (χ4n) is 21.2. The molecule has 10 fully saturated rings.